The molecule has 3 heterocycles. The first-order valence-electron chi connectivity index (χ1n) is 11.4. The molecule has 1 spiro atoms. The molecule has 2 aliphatic rings. The molecule has 2 aliphatic heterocycles. The maximum Gasteiger partial charge on any atom is 0.227 e. The van der Waals surface area contributed by atoms with Crippen molar-refractivity contribution in [2.45, 2.75) is 6.61 Å². The third kappa shape index (κ3) is 4.66. The summed E-state index contributed by atoms with van der Waals surface area (Å²) in [6.07, 6.45) is 3.15. The van der Waals surface area contributed by atoms with Gasteiger partial charge in [0.15, 0.2) is 5.75 Å². The first-order valence-corrected chi connectivity index (χ1v) is 12.2. The van der Waals surface area contributed by atoms with Crippen LogP contribution in [0.25, 0.3) is 0 Å². The summed E-state index contributed by atoms with van der Waals surface area (Å²) in [6.45, 7) is 4.37. The number of rotatable bonds is 9. The molecule has 9 nitrogen and oxygen atoms in total. The molecule has 0 bridgehead atoms. The second-order valence-corrected chi connectivity index (χ2v) is 9.65. The normalized spacial score (nSPS) is 15.6. The van der Waals surface area contributed by atoms with Gasteiger partial charge in [0.25, 0.3) is 0 Å². The van der Waals surface area contributed by atoms with Crippen molar-refractivity contribution in [2.24, 2.45) is 5.41 Å². The van der Waals surface area contributed by atoms with Gasteiger partial charge in [-0.2, -0.15) is 0 Å². The van der Waals surface area contributed by atoms with Crippen molar-refractivity contribution in [1.82, 2.24) is 15.3 Å². The maximum atomic E-state index is 6.42. The third-order valence-electron chi connectivity index (χ3n) is 6.50. The first-order chi connectivity index (χ1) is 17.4. The van der Waals surface area contributed by atoms with Crippen molar-refractivity contribution in [2.75, 3.05) is 57.7 Å². The number of ether oxygens (including phenoxy) is 4. The molecular weight excluding hydrogens is 505 g/mol. The second-order valence-electron chi connectivity index (χ2n) is 8.89. The van der Waals surface area contributed by atoms with Gasteiger partial charge < -0.3 is 34.5 Å². The highest BCUT2D eigenvalue weighted by Gasteiger charge is 2.48. The number of aromatic nitrogens is 2. The molecule has 0 saturated carbocycles. The molecule has 2 fully saturated rings. The molecule has 1 aromatic heterocycles. The number of nitrogens with zero attached hydrogens (tertiary/aromatic N) is 3. The molecule has 0 radical (unpaired) electrons. The lowest BCUT2D eigenvalue weighted by Crippen LogP contribution is -2.71. The number of anilines is 3. The number of nitrogens with one attached hydrogen (secondary N) is 2. The van der Waals surface area contributed by atoms with Crippen LogP contribution in [0, 0.1) is 5.41 Å². The Labute approximate surface area is 219 Å². The Kier molecular flexibility index (Phi) is 6.87. The van der Waals surface area contributed by atoms with E-state index in [0.29, 0.717) is 44.2 Å². The minimum Gasteiger partial charge on any atom is -0.495 e. The predicted molar refractivity (Wildman–Crippen MR) is 140 cm³/mol. The van der Waals surface area contributed by atoms with E-state index in [1.165, 1.54) is 14.2 Å². The van der Waals surface area contributed by atoms with Crippen LogP contribution in [0.15, 0.2) is 36.7 Å². The summed E-state index contributed by atoms with van der Waals surface area (Å²) in [5.74, 6) is 2.59. The van der Waals surface area contributed by atoms with E-state index in [0.717, 1.165) is 43.3 Å². The summed E-state index contributed by atoms with van der Waals surface area (Å²) in [6, 6.07) is 7.64. The minimum absolute atomic E-state index is 0.0911. The lowest BCUT2D eigenvalue weighted by atomic mass is 9.74. The van der Waals surface area contributed by atoms with Crippen molar-refractivity contribution >= 4 is 40.5 Å². The van der Waals surface area contributed by atoms with Gasteiger partial charge in [0, 0.05) is 55.0 Å². The topological polar surface area (TPSA) is 90.0 Å². The number of hydrogen-bond donors (Lipinski definition) is 2. The Morgan fingerprint density at radius 1 is 0.944 bits per heavy atom. The van der Waals surface area contributed by atoms with Gasteiger partial charge in [-0.1, -0.05) is 23.2 Å². The van der Waals surface area contributed by atoms with Crippen LogP contribution in [0.3, 0.4) is 0 Å². The Bertz CT molecular complexity index is 1220. The number of benzene rings is 2. The average Bonchev–Trinajstić information content (AvgIpc) is 2.84. The van der Waals surface area contributed by atoms with Gasteiger partial charge >= 0.3 is 0 Å². The first kappa shape index (κ1) is 24.5. The quantitative estimate of drug-likeness (QED) is 0.412. The summed E-state index contributed by atoms with van der Waals surface area (Å²) in [4.78, 5) is 11.1. The van der Waals surface area contributed by atoms with Crippen molar-refractivity contribution in [3.05, 3.63) is 52.3 Å². The molecule has 0 unspecified atom stereocenters. The largest absolute Gasteiger partial charge is 0.495 e. The van der Waals surface area contributed by atoms with Crippen molar-refractivity contribution in [3.8, 4) is 23.0 Å². The standard InChI is InChI=1S/C25H27Cl2N5O4/c1-33-19-6-15(4-5-18(19)32-13-25(14-32)11-28-12-25)31-24-29-8-16(9-30-24)36-10-17-22(26)20(34-2)7-21(35-3)23(17)27/h4-9,28H,10-14H2,1-3H3,(H,29,30,31). The van der Waals surface area contributed by atoms with Gasteiger partial charge in [0.2, 0.25) is 5.95 Å². The monoisotopic (exact) mass is 531 g/mol. The van der Waals surface area contributed by atoms with E-state index in [1.807, 2.05) is 12.1 Å². The zero-order valence-electron chi connectivity index (χ0n) is 20.2. The minimum atomic E-state index is 0.0911. The Morgan fingerprint density at radius 3 is 2.14 bits per heavy atom. The lowest BCUT2D eigenvalue weighted by Gasteiger charge is -2.57. The third-order valence-corrected chi connectivity index (χ3v) is 7.33. The highest BCUT2D eigenvalue weighted by Crippen LogP contribution is 2.42. The molecule has 0 amide bonds. The van der Waals surface area contributed by atoms with E-state index < -0.39 is 0 Å². The smallest absolute Gasteiger partial charge is 0.227 e. The summed E-state index contributed by atoms with van der Waals surface area (Å²) < 4.78 is 22.1. The van der Waals surface area contributed by atoms with Crippen LogP contribution >= 0.6 is 23.2 Å². The summed E-state index contributed by atoms with van der Waals surface area (Å²) in [7, 11) is 4.73. The summed E-state index contributed by atoms with van der Waals surface area (Å²) >= 11 is 12.8. The molecule has 36 heavy (non-hydrogen) atoms. The zero-order valence-corrected chi connectivity index (χ0v) is 21.7. The molecule has 2 N–H and O–H groups in total. The predicted octanol–water partition coefficient (Wildman–Crippen LogP) is 4.54. The molecule has 5 rings (SSSR count). The van der Waals surface area contributed by atoms with Gasteiger partial charge in [-0.3, -0.25) is 0 Å². The fraction of sp³-hybridized carbons (Fsp3) is 0.360. The van der Waals surface area contributed by atoms with Gasteiger partial charge in [-0.15, -0.1) is 0 Å². The number of hydrogen-bond acceptors (Lipinski definition) is 9. The van der Waals surface area contributed by atoms with Gasteiger partial charge in [-0.25, -0.2) is 9.97 Å². The van der Waals surface area contributed by atoms with Crippen LogP contribution in [0.2, 0.25) is 10.0 Å². The van der Waals surface area contributed by atoms with Crippen LogP contribution in [0.1, 0.15) is 5.56 Å². The molecule has 0 aliphatic carbocycles. The van der Waals surface area contributed by atoms with Crippen molar-refractivity contribution < 1.29 is 18.9 Å². The second kappa shape index (κ2) is 10.1. The Balaban J connectivity index is 1.23. The van der Waals surface area contributed by atoms with Crippen molar-refractivity contribution in [3.63, 3.8) is 0 Å². The molecule has 2 saturated heterocycles. The van der Waals surface area contributed by atoms with Crippen LogP contribution in [0.5, 0.6) is 23.0 Å². The van der Waals surface area contributed by atoms with E-state index >= 15 is 0 Å². The highest BCUT2D eigenvalue weighted by atomic mass is 35.5. The van der Waals surface area contributed by atoms with E-state index in [1.54, 1.807) is 25.6 Å². The van der Waals surface area contributed by atoms with E-state index in [9.17, 15) is 0 Å². The van der Waals surface area contributed by atoms with Gasteiger partial charge in [0.05, 0.1) is 49.5 Å². The molecule has 0 atom stereocenters. The molecule has 2 aromatic carbocycles. The maximum absolute atomic E-state index is 6.42. The fourth-order valence-electron chi connectivity index (χ4n) is 4.46. The fourth-order valence-corrected chi connectivity index (χ4v) is 5.07. The van der Waals surface area contributed by atoms with E-state index in [4.69, 9.17) is 42.1 Å². The average molecular weight is 532 g/mol. The van der Waals surface area contributed by atoms with Crippen LogP contribution in [0.4, 0.5) is 17.3 Å². The van der Waals surface area contributed by atoms with E-state index in [2.05, 4.69) is 31.6 Å². The zero-order chi connectivity index (χ0) is 25.3. The molecule has 11 heteroatoms. The van der Waals surface area contributed by atoms with Crippen LogP contribution in [-0.4, -0.2) is 57.5 Å². The highest BCUT2D eigenvalue weighted by molar-refractivity contribution is 6.37. The van der Waals surface area contributed by atoms with Crippen molar-refractivity contribution in [1.29, 1.82) is 0 Å². The Morgan fingerprint density at radius 2 is 1.58 bits per heavy atom. The SMILES string of the molecule is COc1cc(Nc2ncc(OCc3c(Cl)c(OC)cc(OC)c3Cl)cn2)ccc1N1CC2(CNC2)C1. The van der Waals surface area contributed by atoms with E-state index in [-0.39, 0.29) is 6.61 Å². The molecular formula is C25H27Cl2N5O4. The number of methoxy groups -OCH3 is 3. The van der Waals surface area contributed by atoms with Crippen LogP contribution < -0.4 is 34.5 Å². The Hall–Kier alpha value is -3.14. The molecule has 3 aromatic rings. The summed E-state index contributed by atoms with van der Waals surface area (Å²) in [5.41, 5.74) is 2.91. The number of halogens is 2. The van der Waals surface area contributed by atoms with Crippen LogP contribution in [-0.2, 0) is 6.61 Å². The van der Waals surface area contributed by atoms with Gasteiger partial charge in [0.1, 0.15) is 23.9 Å². The lowest BCUT2D eigenvalue weighted by molar-refractivity contribution is 0.120. The van der Waals surface area contributed by atoms with Gasteiger partial charge in [-0.05, 0) is 12.1 Å². The molecule has 190 valence electrons. The summed E-state index contributed by atoms with van der Waals surface area (Å²) in [5, 5.41) is 7.29.